The predicted octanol–water partition coefficient (Wildman–Crippen LogP) is 4.82. The lowest BCUT2D eigenvalue weighted by Gasteiger charge is -2.14. The van der Waals surface area contributed by atoms with Crippen molar-refractivity contribution in [3.05, 3.63) is 93.6 Å². The molecule has 1 atom stereocenters. The smallest absolute Gasteiger partial charge is 0.253 e. The SMILES string of the molecule is Cc1cc(I)ccc1NCc1nnc(SC(C)C(=O)NN=Cc2ccccn2)n1-c1ccccc1. The highest BCUT2D eigenvalue weighted by Crippen LogP contribution is 2.26. The van der Waals surface area contributed by atoms with Gasteiger partial charge in [-0.3, -0.25) is 14.3 Å². The molecule has 0 aliphatic rings. The van der Waals surface area contributed by atoms with Crippen LogP contribution in [0.3, 0.4) is 0 Å². The second kappa shape index (κ2) is 11.9. The van der Waals surface area contributed by atoms with Gasteiger partial charge in [0.2, 0.25) is 0 Å². The van der Waals surface area contributed by atoms with Gasteiger partial charge in [-0.05, 0) is 84.5 Å². The van der Waals surface area contributed by atoms with Gasteiger partial charge in [0, 0.05) is 21.1 Å². The maximum absolute atomic E-state index is 12.6. The zero-order valence-corrected chi connectivity index (χ0v) is 22.2. The molecule has 4 aromatic rings. The second-order valence-electron chi connectivity index (χ2n) is 7.63. The molecular formula is C25H24IN7OS. The summed E-state index contributed by atoms with van der Waals surface area (Å²) in [6.45, 7) is 4.37. The van der Waals surface area contributed by atoms with E-state index in [1.165, 1.54) is 21.5 Å². The lowest BCUT2D eigenvalue weighted by molar-refractivity contribution is -0.120. The van der Waals surface area contributed by atoms with Crippen molar-refractivity contribution in [1.82, 2.24) is 25.2 Å². The molecule has 2 N–H and O–H groups in total. The van der Waals surface area contributed by atoms with Gasteiger partial charge in [-0.2, -0.15) is 5.10 Å². The lowest BCUT2D eigenvalue weighted by Crippen LogP contribution is -2.27. The normalized spacial score (nSPS) is 12.0. The van der Waals surface area contributed by atoms with E-state index < -0.39 is 5.25 Å². The highest BCUT2D eigenvalue weighted by molar-refractivity contribution is 14.1. The summed E-state index contributed by atoms with van der Waals surface area (Å²) in [7, 11) is 0. The van der Waals surface area contributed by atoms with Gasteiger partial charge < -0.3 is 5.32 Å². The van der Waals surface area contributed by atoms with Crippen LogP contribution >= 0.6 is 34.4 Å². The number of carbonyl (C=O) groups excluding carboxylic acids is 1. The molecule has 0 aliphatic carbocycles. The first-order valence-electron chi connectivity index (χ1n) is 10.9. The van der Waals surface area contributed by atoms with Crippen molar-refractivity contribution < 1.29 is 4.79 Å². The molecule has 0 fully saturated rings. The quantitative estimate of drug-likeness (QED) is 0.124. The van der Waals surface area contributed by atoms with Crippen LogP contribution in [0.15, 0.2) is 83.2 Å². The molecular weight excluding hydrogens is 573 g/mol. The highest BCUT2D eigenvalue weighted by atomic mass is 127. The Morgan fingerprint density at radius 3 is 2.69 bits per heavy atom. The fourth-order valence-electron chi connectivity index (χ4n) is 3.24. The Bertz CT molecular complexity index is 1310. The van der Waals surface area contributed by atoms with E-state index in [2.05, 4.69) is 78.7 Å². The number of nitrogens with zero attached hydrogens (tertiary/aromatic N) is 5. The Balaban J connectivity index is 1.49. The molecule has 0 spiro atoms. The summed E-state index contributed by atoms with van der Waals surface area (Å²) in [5.41, 5.74) is 6.37. The van der Waals surface area contributed by atoms with Gasteiger partial charge in [0.25, 0.3) is 5.91 Å². The van der Waals surface area contributed by atoms with Crippen LogP contribution in [0.4, 0.5) is 5.69 Å². The summed E-state index contributed by atoms with van der Waals surface area (Å²) >= 11 is 3.63. The molecule has 0 saturated carbocycles. The number of pyridine rings is 1. The average molecular weight is 597 g/mol. The Hall–Kier alpha value is -3.25. The number of rotatable bonds is 9. The molecule has 178 valence electrons. The zero-order valence-electron chi connectivity index (χ0n) is 19.2. The number of hydrogen-bond donors (Lipinski definition) is 2. The summed E-state index contributed by atoms with van der Waals surface area (Å²) in [5.74, 6) is 0.511. The van der Waals surface area contributed by atoms with Gasteiger partial charge in [-0.25, -0.2) is 5.43 Å². The largest absolute Gasteiger partial charge is 0.378 e. The number of para-hydroxylation sites is 1. The summed E-state index contributed by atoms with van der Waals surface area (Å²) in [5, 5.41) is 16.5. The van der Waals surface area contributed by atoms with Crippen molar-refractivity contribution in [2.24, 2.45) is 5.10 Å². The molecule has 2 heterocycles. The molecule has 1 unspecified atom stereocenters. The van der Waals surface area contributed by atoms with Crippen LogP contribution in [0, 0.1) is 10.5 Å². The minimum Gasteiger partial charge on any atom is -0.378 e. The van der Waals surface area contributed by atoms with E-state index in [9.17, 15) is 4.79 Å². The molecule has 10 heteroatoms. The highest BCUT2D eigenvalue weighted by Gasteiger charge is 2.21. The monoisotopic (exact) mass is 597 g/mol. The van der Waals surface area contributed by atoms with Crippen LogP contribution in [-0.4, -0.2) is 37.1 Å². The van der Waals surface area contributed by atoms with Gasteiger partial charge >= 0.3 is 0 Å². The van der Waals surface area contributed by atoms with Crippen LogP contribution in [0.1, 0.15) is 24.0 Å². The number of halogens is 1. The van der Waals surface area contributed by atoms with Crippen LogP contribution in [0.5, 0.6) is 0 Å². The van der Waals surface area contributed by atoms with Crippen LogP contribution < -0.4 is 10.7 Å². The standard InChI is InChI=1S/C25H24IN7OS/c1-17-14-19(26)11-12-22(17)28-16-23-30-32-25(33(23)21-9-4-3-5-10-21)35-18(2)24(34)31-29-15-20-8-6-7-13-27-20/h3-15,18,28H,16H2,1-2H3,(H,31,34). The van der Waals surface area contributed by atoms with Gasteiger partial charge in [0.1, 0.15) is 0 Å². The number of thioether (sulfide) groups is 1. The third-order valence-electron chi connectivity index (χ3n) is 5.05. The summed E-state index contributed by atoms with van der Waals surface area (Å²) in [6.07, 6.45) is 3.18. The Labute approximate surface area is 221 Å². The summed E-state index contributed by atoms with van der Waals surface area (Å²) in [4.78, 5) is 16.8. The van der Waals surface area contributed by atoms with Crippen molar-refractivity contribution in [3.8, 4) is 5.69 Å². The number of amides is 1. The number of hydrogen-bond acceptors (Lipinski definition) is 7. The molecule has 0 bridgehead atoms. The first-order chi connectivity index (χ1) is 17.0. The zero-order chi connectivity index (χ0) is 24.6. The first-order valence-corrected chi connectivity index (χ1v) is 12.9. The number of aromatic nitrogens is 4. The number of carbonyl (C=O) groups is 1. The van der Waals surface area contributed by atoms with Crippen molar-refractivity contribution in [2.75, 3.05) is 5.32 Å². The molecule has 4 rings (SSSR count). The van der Waals surface area contributed by atoms with E-state index in [-0.39, 0.29) is 5.91 Å². The van der Waals surface area contributed by atoms with E-state index in [0.717, 1.165) is 22.8 Å². The van der Waals surface area contributed by atoms with Crippen molar-refractivity contribution in [2.45, 2.75) is 30.8 Å². The number of hydrazone groups is 1. The fourth-order valence-corrected chi connectivity index (χ4v) is 4.77. The van der Waals surface area contributed by atoms with Crippen molar-refractivity contribution in [3.63, 3.8) is 0 Å². The van der Waals surface area contributed by atoms with E-state index in [1.807, 2.05) is 60.0 Å². The number of aryl methyl sites for hydroxylation is 1. The van der Waals surface area contributed by atoms with E-state index >= 15 is 0 Å². The van der Waals surface area contributed by atoms with Crippen molar-refractivity contribution >= 4 is 52.2 Å². The Kier molecular flexibility index (Phi) is 8.48. The van der Waals surface area contributed by atoms with Gasteiger partial charge in [0.15, 0.2) is 11.0 Å². The molecule has 1 amide bonds. The minimum atomic E-state index is -0.443. The summed E-state index contributed by atoms with van der Waals surface area (Å²) < 4.78 is 3.16. The predicted molar refractivity (Wildman–Crippen MR) is 148 cm³/mol. The fraction of sp³-hybridized carbons (Fsp3) is 0.160. The molecule has 0 saturated heterocycles. The molecule has 2 aromatic carbocycles. The molecule has 0 radical (unpaired) electrons. The molecule has 0 aliphatic heterocycles. The van der Waals surface area contributed by atoms with Crippen LogP contribution in [0.2, 0.25) is 0 Å². The van der Waals surface area contributed by atoms with Crippen LogP contribution in [-0.2, 0) is 11.3 Å². The third-order valence-corrected chi connectivity index (χ3v) is 6.76. The minimum absolute atomic E-state index is 0.237. The van der Waals surface area contributed by atoms with E-state index in [4.69, 9.17) is 0 Å². The maximum Gasteiger partial charge on any atom is 0.253 e. The average Bonchev–Trinajstić information content (AvgIpc) is 3.26. The number of nitrogens with one attached hydrogen (secondary N) is 2. The van der Waals surface area contributed by atoms with Gasteiger partial charge in [0.05, 0.1) is 23.7 Å². The topological polar surface area (TPSA) is 97.1 Å². The maximum atomic E-state index is 12.6. The summed E-state index contributed by atoms with van der Waals surface area (Å²) in [6, 6.07) is 21.6. The third kappa shape index (κ3) is 6.67. The Morgan fingerprint density at radius 2 is 1.94 bits per heavy atom. The van der Waals surface area contributed by atoms with E-state index in [0.29, 0.717) is 17.4 Å². The van der Waals surface area contributed by atoms with Gasteiger partial charge in [-0.15, -0.1) is 10.2 Å². The molecule has 2 aromatic heterocycles. The van der Waals surface area contributed by atoms with Crippen LogP contribution in [0.25, 0.3) is 5.69 Å². The molecule has 8 nitrogen and oxygen atoms in total. The number of anilines is 1. The second-order valence-corrected chi connectivity index (χ2v) is 10.2. The van der Waals surface area contributed by atoms with E-state index in [1.54, 1.807) is 6.20 Å². The Morgan fingerprint density at radius 1 is 1.14 bits per heavy atom. The van der Waals surface area contributed by atoms with Crippen molar-refractivity contribution in [1.29, 1.82) is 0 Å². The van der Waals surface area contributed by atoms with Gasteiger partial charge in [-0.1, -0.05) is 36.0 Å². The lowest BCUT2D eigenvalue weighted by atomic mass is 10.2. The molecule has 35 heavy (non-hydrogen) atoms. The number of benzene rings is 2. The first kappa shape index (κ1) is 24.9.